The van der Waals surface area contributed by atoms with Gasteiger partial charge in [0.2, 0.25) is 11.8 Å². The second-order valence-electron chi connectivity index (χ2n) is 4.16. The van der Waals surface area contributed by atoms with Crippen molar-refractivity contribution in [3.8, 4) is 5.75 Å². The van der Waals surface area contributed by atoms with Crippen LogP contribution in [0.2, 0.25) is 0 Å². The number of ether oxygens (including phenoxy) is 2. The van der Waals surface area contributed by atoms with Crippen molar-refractivity contribution < 1.29 is 19.1 Å². The normalized spacial score (nSPS) is 14.8. The van der Waals surface area contributed by atoms with Gasteiger partial charge in [-0.3, -0.25) is 14.5 Å². The minimum atomic E-state index is -0.274. The van der Waals surface area contributed by atoms with Gasteiger partial charge in [0, 0.05) is 0 Å². The van der Waals surface area contributed by atoms with Crippen LogP contribution in [0.3, 0.4) is 0 Å². The summed E-state index contributed by atoms with van der Waals surface area (Å²) in [5.41, 5.74) is 0.891. The molecule has 1 N–H and O–H groups in total. The number of piperazine rings is 1. The molecule has 0 spiro atoms. The zero-order valence-corrected chi connectivity index (χ0v) is 11.7. The van der Waals surface area contributed by atoms with Crippen LogP contribution in [0.25, 0.3) is 0 Å². The van der Waals surface area contributed by atoms with Crippen LogP contribution < -0.4 is 10.1 Å². The van der Waals surface area contributed by atoms with Crippen molar-refractivity contribution in [3.05, 3.63) is 29.8 Å². The Hall–Kier alpha value is -2.15. The Morgan fingerprint density at radius 3 is 2.70 bits per heavy atom. The highest BCUT2D eigenvalue weighted by Gasteiger charge is 2.27. The SMILES string of the molecule is COc1ccc(COC(=S)N2CC(=O)NCC2=O)cc1. The van der Waals surface area contributed by atoms with Crippen LogP contribution in [0, 0.1) is 0 Å². The summed E-state index contributed by atoms with van der Waals surface area (Å²) in [5, 5.41) is 2.46. The Bertz CT molecular complexity index is 530. The van der Waals surface area contributed by atoms with E-state index in [2.05, 4.69) is 5.32 Å². The fourth-order valence-electron chi connectivity index (χ4n) is 1.67. The lowest BCUT2D eigenvalue weighted by atomic mass is 10.2. The predicted molar refractivity (Wildman–Crippen MR) is 75.1 cm³/mol. The quantitative estimate of drug-likeness (QED) is 0.820. The van der Waals surface area contributed by atoms with E-state index in [-0.39, 0.29) is 36.7 Å². The van der Waals surface area contributed by atoms with E-state index in [9.17, 15) is 9.59 Å². The van der Waals surface area contributed by atoms with Crippen LogP contribution in [0.4, 0.5) is 0 Å². The van der Waals surface area contributed by atoms with Crippen LogP contribution in [0.1, 0.15) is 5.56 Å². The molecule has 6 nitrogen and oxygen atoms in total. The molecule has 7 heteroatoms. The van der Waals surface area contributed by atoms with E-state index in [1.165, 1.54) is 0 Å². The summed E-state index contributed by atoms with van der Waals surface area (Å²) in [4.78, 5) is 24.0. The summed E-state index contributed by atoms with van der Waals surface area (Å²) in [6.07, 6.45) is 0. The highest BCUT2D eigenvalue weighted by Crippen LogP contribution is 2.12. The smallest absolute Gasteiger partial charge is 0.266 e. The molecule has 1 aliphatic rings. The number of methoxy groups -OCH3 is 1. The topological polar surface area (TPSA) is 67.9 Å². The summed E-state index contributed by atoms with van der Waals surface area (Å²) in [6, 6.07) is 7.29. The van der Waals surface area contributed by atoms with Gasteiger partial charge in [-0.1, -0.05) is 12.1 Å². The van der Waals surface area contributed by atoms with Crippen LogP contribution in [-0.4, -0.2) is 42.1 Å². The van der Waals surface area contributed by atoms with Gasteiger partial charge in [0.25, 0.3) is 5.17 Å². The number of nitrogens with zero attached hydrogens (tertiary/aromatic N) is 1. The lowest BCUT2D eigenvalue weighted by Crippen LogP contribution is -2.53. The Morgan fingerprint density at radius 1 is 1.35 bits per heavy atom. The minimum absolute atomic E-state index is 0.0145. The zero-order valence-electron chi connectivity index (χ0n) is 10.9. The average Bonchev–Trinajstić information content (AvgIpc) is 2.47. The average molecular weight is 294 g/mol. The molecular formula is C13H14N2O4S. The molecule has 1 heterocycles. The van der Waals surface area contributed by atoms with Crippen LogP contribution >= 0.6 is 12.2 Å². The number of amides is 2. The van der Waals surface area contributed by atoms with Crippen molar-refractivity contribution in [1.29, 1.82) is 0 Å². The molecule has 2 amide bonds. The molecule has 0 radical (unpaired) electrons. The van der Waals surface area contributed by atoms with Gasteiger partial charge in [-0.2, -0.15) is 0 Å². The standard InChI is InChI=1S/C13H14N2O4S/c1-18-10-4-2-9(3-5-10)8-19-13(20)15-7-11(16)14-6-12(15)17/h2-5H,6-8H2,1H3,(H,14,16). The Labute approximate surface area is 121 Å². The molecule has 0 unspecified atom stereocenters. The van der Waals surface area contributed by atoms with E-state index < -0.39 is 0 Å². The van der Waals surface area contributed by atoms with Gasteiger partial charge in [-0.25, -0.2) is 0 Å². The van der Waals surface area contributed by atoms with Gasteiger partial charge in [0.15, 0.2) is 0 Å². The highest BCUT2D eigenvalue weighted by molar-refractivity contribution is 7.80. The zero-order chi connectivity index (χ0) is 14.5. The van der Waals surface area contributed by atoms with E-state index in [0.717, 1.165) is 16.2 Å². The molecule has 1 aromatic carbocycles. The third-order valence-electron chi connectivity index (χ3n) is 2.78. The first kappa shape index (κ1) is 14.3. The molecule has 1 aliphatic heterocycles. The van der Waals surface area contributed by atoms with E-state index in [4.69, 9.17) is 21.7 Å². The fourth-order valence-corrected chi connectivity index (χ4v) is 1.89. The molecule has 0 bridgehead atoms. The summed E-state index contributed by atoms with van der Waals surface area (Å²) < 4.78 is 10.4. The summed E-state index contributed by atoms with van der Waals surface area (Å²) in [7, 11) is 1.59. The number of thiocarbonyl (C=S) groups is 1. The Morgan fingerprint density at radius 2 is 2.05 bits per heavy atom. The second-order valence-corrected chi connectivity index (χ2v) is 4.51. The lowest BCUT2D eigenvalue weighted by molar-refractivity contribution is -0.137. The molecule has 1 saturated heterocycles. The predicted octanol–water partition coefficient (Wildman–Crippen LogP) is 0.455. The van der Waals surface area contributed by atoms with Crippen LogP contribution in [0.5, 0.6) is 5.75 Å². The maximum absolute atomic E-state index is 11.6. The number of hydrogen-bond donors (Lipinski definition) is 1. The minimum Gasteiger partial charge on any atom is -0.497 e. The molecule has 2 rings (SSSR count). The van der Waals surface area contributed by atoms with Gasteiger partial charge in [0.1, 0.15) is 18.9 Å². The van der Waals surface area contributed by atoms with Crippen molar-refractivity contribution in [2.75, 3.05) is 20.2 Å². The molecule has 0 aromatic heterocycles. The van der Waals surface area contributed by atoms with Crippen molar-refractivity contribution >= 4 is 29.2 Å². The van der Waals surface area contributed by atoms with E-state index in [0.29, 0.717) is 0 Å². The first-order chi connectivity index (χ1) is 9.60. The summed E-state index contributed by atoms with van der Waals surface area (Å²) >= 11 is 5.03. The maximum Gasteiger partial charge on any atom is 0.266 e. The van der Waals surface area contributed by atoms with Gasteiger partial charge in [-0.05, 0) is 29.9 Å². The number of hydrogen-bond acceptors (Lipinski definition) is 5. The van der Waals surface area contributed by atoms with Crippen molar-refractivity contribution in [2.45, 2.75) is 6.61 Å². The molecule has 0 saturated carbocycles. The third kappa shape index (κ3) is 3.45. The molecule has 20 heavy (non-hydrogen) atoms. The maximum atomic E-state index is 11.6. The fraction of sp³-hybridized carbons (Fsp3) is 0.308. The molecule has 106 valence electrons. The van der Waals surface area contributed by atoms with Crippen LogP contribution in [0.15, 0.2) is 24.3 Å². The highest BCUT2D eigenvalue weighted by atomic mass is 32.1. The van der Waals surface area contributed by atoms with E-state index in [1.54, 1.807) is 19.2 Å². The van der Waals surface area contributed by atoms with E-state index >= 15 is 0 Å². The number of carbonyl (C=O) groups excluding carboxylic acids is 2. The monoisotopic (exact) mass is 294 g/mol. The Balaban J connectivity index is 1.90. The number of carbonyl (C=O) groups is 2. The summed E-state index contributed by atoms with van der Waals surface area (Å²) in [6.45, 7) is 0.0827. The summed E-state index contributed by atoms with van der Waals surface area (Å²) in [5.74, 6) is 0.225. The number of nitrogens with one attached hydrogen (secondary N) is 1. The molecular weight excluding hydrogens is 280 g/mol. The number of rotatable bonds is 3. The third-order valence-corrected chi connectivity index (χ3v) is 3.12. The first-order valence-electron chi connectivity index (χ1n) is 5.97. The molecule has 1 aromatic rings. The van der Waals surface area contributed by atoms with Crippen molar-refractivity contribution in [3.63, 3.8) is 0 Å². The molecule has 0 atom stereocenters. The van der Waals surface area contributed by atoms with Crippen molar-refractivity contribution in [2.24, 2.45) is 0 Å². The van der Waals surface area contributed by atoms with Gasteiger partial charge in [-0.15, -0.1) is 0 Å². The van der Waals surface area contributed by atoms with Gasteiger partial charge >= 0.3 is 0 Å². The Kier molecular flexibility index (Phi) is 4.52. The van der Waals surface area contributed by atoms with Gasteiger partial charge < -0.3 is 14.8 Å². The molecule has 1 fully saturated rings. The first-order valence-corrected chi connectivity index (χ1v) is 6.37. The van der Waals surface area contributed by atoms with Crippen LogP contribution in [-0.2, 0) is 20.9 Å². The van der Waals surface area contributed by atoms with Gasteiger partial charge in [0.05, 0.1) is 13.7 Å². The van der Waals surface area contributed by atoms with Crippen molar-refractivity contribution in [1.82, 2.24) is 10.2 Å². The number of benzene rings is 1. The second kappa shape index (κ2) is 6.33. The van der Waals surface area contributed by atoms with E-state index in [1.807, 2.05) is 12.1 Å². The largest absolute Gasteiger partial charge is 0.497 e. The molecule has 0 aliphatic carbocycles. The lowest BCUT2D eigenvalue weighted by Gasteiger charge is -2.26.